The van der Waals surface area contributed by atoms with Gasteiger partial charge < -0.3 is 24.6 Å². The molecule has 0 radical (unpaired) electrons. The lowest BCUT2D eigenvalue weighted by molar-refractivity contribution is -0.140. The number of phenolic OH excluding ortho intramolecular Hbond substituents is 1. The number of morpholine rings is 1. The lowest BCUT2D eigenvalue weighted by atomic mass is 9.95. The van der Waals surface area contributed by atoms with Crippen molar-refractivity contribution >= 4 is 23.1 Å². The van der Waals surface area contributed by atoms with Crippen LogP contribution >= 0.6 is 0 Å². The van der Waals surface area contributed by atoms with Gasteiger partial charge in [0.15, 0.2) is 17.3 Å². The number of aliphatic hydroxyl groups excluding tert-OH is 1. The summed E-state index contributed by atoms with van der Waals surface area (Å²) in [6.07, 6.45) is 2.40. The Balaban J connectivity index is 1.58. The summed E-state index contributed by atoms with van der Waals surface area (Å²) in [5, 5.41) is 21.9. The zero-order valence-electron chi connectivity index (χ0n) is 21.6. The SMILES string of the molecule is CCOc1cc(C2C(=C(O)c3c(C)nc4ccccn34)C(=O)C(=O)N2CCCN2CCOCC2)ccc1O. The largest absolute Gasteiger partial charge is 0.505 e. The van der Waals surface area contributed by atoms with Crippen LogP contribution in [-0.4, -0.2) is 87.1 Å². The molecule has 4 heterocycles. The van der Waals surface area contributed by atoms with E-state index >= 15 is 0 Å². The minimum Gasteiger partial charge on any atom is -0.505 e. The van der Waals surface area contributed by atoms with Gasteiger partial charge in [-0.05, 0) is 50.1 Å². The quantitative estimate of drug-likeness (QED) is 0.265. The molecule has 0 spiro atoms. The smallest absolute Gasteiger partial charge is 0.295 e. The number of aryl methyl sites for hydroxylation is 1. The first-order valence-electron chi connectivity index (χ1n) is 12.9. The highest BCUT2D eigenvalue weighted by atomic mass is 16.5. The molecule has 10 nitrogen and oxygen atoms in total. The van der Waals surface area contributed by atoms with Crippen LogP contribution < -0.4 is 4.74 Å². The molecule has 0 aliphatic carbocycles. The molecule has 5 rings (SSSR count). The molecule has 1 atom stereocenters. The van der Waals surface area contributed by atoms with Crippen LogP contribution in [0.4, 0.5) is 0 Å². The molecule has 2 aromatic heterocycles. The number of aliphatic hydroxyl groups is 1. The molecule has 1 unspecified atom stereocenters. The van der Waals surface area contributed by atoms with Gasteiger partial charge in [-0.2, -0.15) is 0 Å². The standard InChI is InChI=1S/C28H32N4O6/c1-3-38-21-17-19(8-9-20(21)33)25-23(26(34)24-18(2)29-22-7-4-5-11-31(22)24)27(35)28(36)32(25)12-6-10-30-13-15-37-16-14-30/h4-5,7-9,11,17,25,33-34H,3,6,10,12-16H2,1-2H3. The molecule has 1 amide bonds. The number of imidazole rings is 1. The summed E-state index contributed by atoms with van der Waals surface area (Å²) < 4.78 is 12.7. The van der Waals surface area contributed by atoms with Crippen molar-refractivity contribution < 1.29 is 29.3 Å². The van der Waals surface area contributed by atoms with Crippen molar-refractivity contribution in [2.45, 2.75) is 26.3 Å². The third kappa shape index (κ3) is 4.72. The van der Waals surface area contributed by atoms with Gasteiger partial charge in [-0.15, -0.1) is 0 Å². The Labute approximate surface area is 220 Å². The highest BCUT2D eigenvalue weighted by molar-refractivity contribution is 6.46. The number of carbonyl (C=O) groups is 2. The second-order valence-corrected chi connectivity index (χ2v) is 9.43. The van der Waals surface area contributed by atoms with Crippen molar-refractivity contribution in [2.24, 2.45) is 0 Å². The predicted molar refractivity (Wildman–Crippen MR) is 140 cm³/mol. The van der Waals surface area contributed by atoms with Crippen LogP contribution in [0.3, 0.4) is 0 Å². The van der Waals surface area contributed by atoms with E-state index in [1.165, 1.54) is 11.0 Å². The zero-order valence-corrected chi connectivity index (χ0v) is 21.6. The van der Waals surface area contributed by atoms with Crippen LogP contribution in [0.25, 0.3) is 11.4 Å². The number of hydrogen-bond donors (Lipinski definition) is 2. The van der Waals surface area contributed by atoms with Crippen molar-refractivity contribution in [3.8, 4) is 11.5 Å². The molecule has 2 aliphatic rings. The fourth-order valence-corrected chi connectivity index (χ4v) is 5.24. The molecule has 2 fully saturated rings. The maximum atomic E-state index is 13.5. The summed E-state index contributed by atoms with van der Waals surface area (Å²) in [6, 6.07) is 9.35. The van der Waals surface area contributed by atoms with Crippen LogP contribution in [0.1, 0.15) is 36.3 Å². The van der Waals surface area contributed by atoms with E-state index in [9.17, 15) is 19.8 Å². The van der Waals surface area contributed by atoms with Crippen LogP contribution in [-0.2, 0) is 14.3 Å². The number of rotatable bonds is 8. The maximum absolute atomic E-state index is 13.5. The minimum absolute atomic E-state index is 0.0109. The number of carbonyl (C=O) groups excluding carboxylic acids is 2. The number of benzene rings is 1. The van der Waals surface area contributed by atoms with Crippen molar-refractivity contribution in [3.63, 3.8) is 0 Å². The topological polar surface area (TPSA) is 117 Å². The van der Waals surface area contributed by atoms with Gasteiger partial charge in [-0.25, -0.2) is 4.98 Å². The summed E-state index contributed by atoms with van der Waals surface area (Å²) in [7, 11) is 0. The first kappa shape index (κ1) is 25.7. The zero-order chi connectivity index (χ0) is 26.8. The van der Waals surface area contributed by atoms with E-state index < -0.39 is 17.7 Å². The summed E-state index contributed by atoms with van der Waals surface area (Å²) in [4.78, 5) is 35.1. The third-order valence-corrected chi connectivity index (χ3v) is 7.04. The van der Waals surface area contributed by atoms with E-state index in [4.69, 9.17) is 9.47 Å². The van der Waals surface area contributed by atoms with Crippen LogP contribution in [0.2, 0.25) is 0 Å². The van der Waals surface area contributed by atoms with E-state index in [1.54, 1.807) is 48.7 Å². The number of aromatic nitrogens is 2. The lowest BCUT2D eigenvalue weighted by Gasteiger charge is -2.29. The first-order chi connectivity index (χ1) is 18.4. The maximum Gasteiger partial charge on any atom is 0.295 e. The molecule has 2 N–H and O–H groups in total. The van der Waals surface area contributed by atoms with Gasteiger partial charge >= 0.3 is 0 Å². The molecular formula is C28H32N4O6. The van der Waals surface area contributed by atoms with Crippen molar-refractivity contribution in [1.82, 2.24) is 19.2 Å². The van der Waals surface area contributed by atoms with Gasteiger partial charge in [0.2, 0.25) is 0 Å². The highest BCUT2D eigenvalue weighted by Gasteiger charge is 2.46. The Morgan fingerprint density at radius 2 is 1.95 bits per heavy atom. The number of hydrogen-bond acceptors (Lipinski definition) is 8. The molecule has 2 saturated heterocycles. The molecule has 3 aromatic rings. The number of pyridine rings is 1. The van der Waals surface area contributed by atoms with Gasteiger partial charge in [0.25, 0.3) is 11.7 Å². The van der Waals surface area contributed by atoms with E-state index in [0.29, 0.717) is 55.4 Å². The average Bonchev–Trinajstić information content (AvgIpc) is 3.38. The van der Waals surface area contributed by atoms with Crippen molar-refractivity contribution in [1.29, 1.82) is 0 Å². The fraction of sp³-hybridized carbons (Fsp3) is 0.393. The van der Waals surface area contributed by atoms with Crippen LogP contribution in [0.15, 0.2) is 48.2 Å². The Morgan fingerprint density at radius 1 is 1.16 bits per heavy atom. The third-order valence-electron chi connectivity index (χ3n) is 7.04. The first-order valence-corrected chi connectivity index (χ1v) is 12.9. The number of likely N-dealkylation sites (tertiary alicyclic amines) is 1. The molecule has 0 bridgehead atoms. The summed E-state index contributed by atoms with van der Waals surface area (Å²) >= 11 is 0. The normalized spacial score (nSPS) is 19.9. The Hall–Kier alpha value is -3.89. The molecule has 38 heavy (non-hydrogen) atoms. The number of aromatic hydroxyl groups is 1. The summed E-state index contributed by atoms with van der Waals surface area (Å²) in [6.45, 7) is 7.97. The van der Waals surface area contributed by atoms with Gasteiger partial charge in [-0.3, -0.25) is 18.9 Å². The molecule has 2 aliphatic heterocycles. The van der Waals surface area contributed by atoms with Gasteiger partial charge in [0, 0.05) is 32.4 Å². The number of phenols is 1. The highest BCUT2D eigenvalue weighted by Crippen LogP contribution is 2.42. The lowest BCUT2D eigenvalue weighted by Crippen LogP contribution is -2.39. The number of fused-ring (bicyclic) bond motifs is 1. The Bertz CT molecular complexity index is 1390. The fourth-order valence-electron chi connectivity index (χ4n) is 5.24. The van der Waals surface area contributed by atoms with Crippen molar-refractivity contribution in [3.05, 3.63) is 65.1 Å². The summed E-state index contributed by atoms with van der Waals surface area (Å²) in [5.74, 6) is -1.51. The van der Waals surface area contributed by atoms with E-state index in [1.807, 2.05) is 6.07 Å². The average molecular weight is 521 g/mol. The number of Topliss-reactive ketones (excluding diaryl/α,β-unsaturated/α-hetero) is 1. The van der Waals surface area contributed by atoms with Gasteiger partial charge in [0.1, 0.15) is 11.3 Å². The Morgan fingerprint density at radius 3 is 2.71 bits per heavy atom. The second kappa shape index (κ2) is 10.8. The molecule has 200 valence electrons. The van der Waals surface area contributed by atoms with E-state index in [-0.39, 0.29) is 22.8 Å². The molecule has 0 saturated carbocycles. The van der Waals surface area contributed by atoms with Gasteiger partial charge in [-0.1, -0.05) is 12.1 Å². The number of amides is 1. The second-order valence-electron chi connectivity index (χ2n) is 9.43. The summed E-state index contributed by atoms with van der Waals surface area (Å²) in [5.41, 5.74) is 2.06. The number of nitrogens with zero attached hydrogens (tertiary/aromatic N) is 4. The van der Waals surface area contributed by atoms with E-state index in [2.05, 4.69) is 9.88 Å². The monoisotopic (exact) mass is 520 g/mol. The molecule has 10 heteroatoms. The molecular weight excluding hydrogens is 488 g/mol. The number of ketones is 1. The van der Waals surface area contributed by atoms with Crippen LogP contribution in [0.5, 0.6) is 11.5 Å². The number of ether oxygens (including phenoxy) is 2. The Kier molecular flexibility index (Phi) is 7.35. The predicted octanol–water partition coefficient (Wildman–Crippen LogP) is 2.89. The van der Waals surface area contributed by atoms with Crippen molar-refractivity contribution in [2.75, 3.05) is 46.0 Å². The van der Waals surface area contributed by atoms with E-state index in [0.717, 1.165) is 19.6 Å². The molecule has 1 aromatic carbocycles. The van der Waals surface area contributed by atoms with Gasteiger partial charge in [0.05, 0.1) is 37.1 Å². The van der Waals surface area contributed by atoms with Crippen LogP contribution in [0, 0.1) is 6.92 Å². The minimum atomic E-state index is -0.854.